The first-order valence-electron chi connectivity index (χ1n) is 11.2. The molecule has 3 rings (SSSR count). The summed E-state index contributed by atoms with van der Waals surface area (Å²) in [5.41, 5.74) is 2.61. The van der Waals surface area contributed by atoms with Gasteiger partial charge in [-0.3, -0.25) is 4.90 Å². The third kappa shape index (κ3) is 6.99. The van der Waals surface area contributed by atoms with Crippen LogP contribution in [0.1, 0.15) is 24.6 Å². The minimum atomic E-state index is -0.623. The molecule has 0 saturated carbocycles. The van der Waals surface area contributed by atoms with Gasteiger partial charge in [-0.15, -0.1) is 6.58 Å². The molecule has 1 N–H and O–H groups in total. The van der Waals surface area contributed by atoms with Crippen LogP contribution in [0.15, 0.2) is 67.3 Å². The van der Waals surface area contributed by atoms with Crippen LogP contribution in [0, 0.1) is 12.7 Å². The fourth-order valence-electron chi connectivity index (χ4n) is 3.60. The van der Waals surface area contributed by atoms with Gasteiger partial charge >= 0.3 is 0 Å². The molecule has 0 spiro atoms. The predicted molar refractivity (Wildman–Crippen MR) is 127 cm³/mol. The van der Waals surface area contributed by atoms with Gasteiger partial charge in [-0.05, 0) is 56.3 Å². The van der Waals surface area contributed by atoms with Crippen LogP contribution in [0.4, 0.5) is 4.39 Å². The number of hydrogen-bond donors (Lipinski definition) is 1. The van der Waals surface area contributed by atoms with Crippen LogP contribution < -0.4 is 4.74 Å². The fraction of sp³-hybridized carbons (Fsp3) is 0.346. The van der Waals surface area contributed by atoms with E-state index in [1.807, 2.05) is 37.3 Å². The Bertz CT molecular complexity index is 1010. The first-order valence-corrected chi connectivity index (χ1v) is 11.2. The average Bonchev–Trinajstić information content (AvgIpc) is 3.11. The van der Waals surface area contributed by atoms with Crippen molar-refractivity contribution in [3.8, 4) is 17.3 Å². The molecule has 176 valence electrons. The maximum Gasteiger partial charge on any atom is 0.227 e. The molecule has 7 heteroatoms. The number of aryl methyl sites for hydroxylation is 1. The summed E-state index contributed by atoms with van der Waals surface area (Å²) >= 11 is 0. The van der Waals surface area contributed by atoms with Crippen LogP contribution in [0.25, 0.3) is 5.69 Å². The lowest BCUT2D eigenvalue weighted by molar-refractivity contribution is 0.0244. The zero-order valence-electron chi connectivity index (χ0n) is 19.3. The Hall–Kier alpha value is -3.00. The van der Waals surface area contributed by atoms with Crippen molar-refractivity contribution in [2.75, 3.05) is 26.3 Å². The zero-order valence-corrected chi connectivity index (χ0v) is 19.3. The highest BCUT2D eigenvalue weighted by Crippen LogP contribution is 2.31. The molecule has 0 radical (unpaired) electrons. The summed E-state index contributed by atoms with van der Waals surface area (Å²) < 4.78 is 26.8. The molecular formula is C26H32FN3O3. The molecule has 0 amide bonds. The number of halogens is 1. The second-order valence-corrected chi connectivity index (χ2v) is 7.89. The Morgan fingerprint density at radius 2 is 1.91 bits per heavy atom. The van der Waals surface area contributed by atoms with Gasteiger partial charge in [-0.25, -0.2) is 9.07 Å². The summed E-state index contributed by atoms with van der Waals surface area (Å²) in [4.78, 5) is 2.17. The van der Waals surface area contributed by atoms with E-state index in [-0.39, 0.29) is 12.4 Å². The molecule has 33 heavy (non-hydrogen) atoms. The van der Waals surface area contributed by atoms with Gasteiger partial charge < -0.3 is 14.6 Å². The lowest BCUT2D eigenvalue weighted by Gasteiger charge is -2.25. The summed E-state index contributed by atoms with van der Waals surface area (Å²) in [6.45, 7) is 10.1. The van der Waals surface area contributed by atoms with Gasteiger partial charge in [-0.2, -0.15) is 5.10 Å². The lowest BCUT2D eigenvalue weighted by atomic mass is 10.2. The van der Waals surface area contributed by atoms with E-state index in [0.717, 1.165) is 29.9 Å². The summed E-state index contributed by atoms with van der Waals surface area (Å²) in [7, 11) is 0. The third-order valence-electron chi connectivity index (χ3n) is 5.10. The van der Waals surface area contributed by atoms with E-state index < -0.39 is 6.10 Å². The van der Waals surface area contributed by atoms with Crippen LogP contribution in [0.5, 0.6) is 11.6 Å². The third-order valence-corrected chi connectivity index (χ3v) is 5.10. The molecule has 0 fully saturated rings. The standard InChI is InChI=1S/C26H32FN3O3/c1-4-15-29(17-23(31)19-32-16-5-2)18-25-20(3)28-30(22-9-7-6-8-10-22)26(25)33-24-13-11-21(27)12-14-24/h5-14,23,31H,2,4,15-19H2,1,3H3/t23-/m1/s1. The van der Waals surface area contributed by atoms with Crippen molar-refractivity contribution in [3.63, 3.8) is 0 Å². The highest BCUT2D eigenvalue weighted by molar-refractivity contribution is 5.43. The summed E-state index contributed by atoms with van der Waals surface area (Å²) in [5, 5.41) is 15.2. The van der Waals surface area contributed by atoms with Crippen molar-refractivity contribution < 1.29 is 19.0 Å². The summed E-state index contributed by atoms with van der Waals surface area (Å²) in [6, 6.07) is 15.7. The SMILES string of the molecule is C=CCOC[C@H](O)CN(CCC)Cc1c(C)nn(-c2ccccc2)c1Oc1ccc(F)cc1. The normalized spacial score (nSPS) is 12.2. The van der Waals surface area contributed by atoms with Crippen molar-refractivity contribution >= 4 is 0 Å². The summed E-state index contributed by atoms with van der Waals surface area (Å²) in [5.74, 6) is 0.774. The molecule has 2 aromatic carbocycles. The molecule has 1 aromatic heterocycles. The largest absolute Gasteiger partial charge is 0.439 e. The number of hydrogen-bond acceptors (Lipinski definition) is 5. The van der Waals surface area contributed by atoms with Crippen LogP contribution in [0.3, 0.4) is 0 Å². The minimum absolute atomic E-state index is 0.243. The predicted octanol–water partition coefficient (Wildman–Crippen LogP) is 4.89. The number of aliphatic hydroxyl groups excluding tert-OH is 1. The van der Waals surface area contributed by atoms with Gasteiger partial charge in [0.05, 0.1) is 36.3 Å². The van der Waals surface area contributed by atoms with Crippen LogP contribution in [0.2, 0.25) is 0 Å². The molecule has 0 bridgehead atoms. The fourth-order valence-corrected chi connectivity index (χ4v) is 3.60. The lowest BCUT2D eigenvalue weighted by Crippen LogP contribution is -2.35. The summed E-state index contributed by atoms with van der Waals surface area (Å²) in [6.07, 6.45) is 1.97. The second kappa shape index (κ2) is 12.3. The molecule has 0 aliphatic carbocycles. The van der Waals surface area contributed by atoms with Crippen molar-refractivity contribution in [2.45, 2.75) is 32.9 Å². The highest BCUT2D eigenvalue weighted by atomic mass is 19.1. The molecule has 0 saturated heterocycles. The van der Waals surface area contributed by atoms with Crippen LogP contribution in [-0.4, -0.2) is 52.2 Å². The van der Waals surface area contributed by atoms with Crippen molar-refractivity contribution in [2.24, 2.45) is 0 Å². The first kappa shape index (κ1) is 24.6. The first-order chi connectivity index (χ1) is 16.0. The number of nitrogens with zero attached hydrogens (tertiary/aromatic N) is 3. The van der Waals surface area contributed by atoms with E-state index in [0.29, 0.717) is 31.3 Å². The van der Waals surface area contributed by atoms with E-state index in [2.05, 4.69) is 18.4 Å². The molecule has 3 aromatic rings. The second-order valence-electron chi connectivity index (χ2n) is 7.89. The van der Waals surface area contributed by atoms with Gasteiger partial charge in [0.1, 0.15) is 11.6 Å². The Balaban J connectivity index is 1.90. The van der Waals surface area contributed by atoms with Gasteiger partial charge in [0.2, 0.25) is 5.88 Å². The van der Waals surface area contributed by atoms with Gasteiger partial charge in [0.25, 0.3) is 0 Å². The number of aromatic nitrogens is 2. The number of benzene rings is 2. The number of para-hydroxylation sites is 1. The maximum absolute atomic E-state index is 13.4. The Kier molecular flexibility index (Phi) is 9.18. The highest BCUT2D eigenvalue weighted by Gasteiger charge is 2.22. The number of aliphatic hydroxyl groups is 1. The van der Waals surface area contributed by atoms with E-state index in [4.69, 9.17) is 14.6 Å². The van der Waals surface area contributed by atoms with E-state index >= 15 is 0 Å². The Morgan fingerprint density at radius 3 is 2.58 bits per heavy atom. The van der Waals surface area contributed by atoms with Crippen molar-refractivity contribution in [3.05, 3.63) is 84.3 Å². The van der Waals surface area contributed by atoms with E-state index in [9.17, 15) is 9.50 Å². The van der Waals surface area contributed by atoms with Gasteiger partial charge in [0, 0.05) is 13.1 Å². The average molecular weight is 454 g/mol. The monoisotopic (exact) mass is 453 g/mol. The number of ether oxygens (including phenoxy) is 2. The number of rotatable bonds is 13. The molecule has 1 heterocycles. The van der Waals surface area contributed by atoms with Crippen LogP contribution >= 0.6 is 0 Å². The van der Waals surface area contributed by atoms with E-state index in [1.165, 1.54) is 12.1 Å². The molecule has 6 nitrogen and oxygen atoms in total. The van der Waals surface area contributed by atoms with Gasteiger partial charge in [0.15, 0.2) is 0 Å². The quantitative estimate of drug-likeness (QED) is 0.295. The molecule has 0 aliphatic rings. The van der Waals surface area contributed by atoms with Crippen LogP contribution in [-0.2, 0) is 11.3 Å². The van der Waals surface area contributed by atoms with Crippen molar-refractivity contribution in [1.29, 1.82) is 0 Å². The molecule has 0 unspecified atom stereocenters. The van der Waals surface area contributed by atoms with E-state index in [1.54, 1.807) is 22.9 Å². The molecular weight excluding hydrogens is 421 g/mol. The Labute approximate surface area is 194 Å². The molecule has 1 atom stereocenters. The zero-order chi connectivity index (χ0) is 23.6. The maximum atomic E-state index is 13.4. The molecule has 0 aliphatic heterocycles. The van der Waals surface area contributed by atoms with Gasteiger partial charge in [-0.1, -0.05) is 31.2 Å². The Morgan fingerprint density at radius 1 is 1.18 bits per heavy atom. The van der Waals surface area contributed by atoms with Crippen molar-refractivity contribution in [1.82, 2.24) is 14.7 Å². The topological polar surface area (TPSA) is 59.8 Å². The smallest absolute Gasteiger partial charge is 0.227 e. The minimum Gasteiger partial charge on any atom is -0.439 e.